The molecule has 0 bridgehead atoms. The zero-order valence-corrected chi connectivity index (χ0v) is 9.48. The average Bonchev–Trinajstić information content (AvgIpc) is 3.14. The van der Waals surface area contributed by atoms with Gasteiger partial charge in [-0.25, -0.2) is 0 Å². The Morgan fingerprint density at radius 3 is 2.88 bits per heavy atom. The van der Waals surface area contributed by atoms with E-state index in [9.17, 15) is 5.11 Å². The molecule has 0 amide bonds. The largest absolute Gasteiger partial charge is 0.397 e. The molecule has 4 N–H and O–H groups in total. The lowest BCUT2D eigenvalue weighted by Crippen LogP contribution is -2.26. The van der Waals surface area contributed by atoms with Crippen molar-refractivity contribution in [3.63, 3.8) is 0 Å². The van der Waals surface area contributed by atoms with Gasteiger partial charge in [-0.2, -0.15) is 0 Å². The maximum absolute atomic E-state index is 9.31. The van der Waals surface area contributed by atoms with E-state index in [0.717, 1.165) is 29.4 Å². The number of nitrogen functional groups attached to an aromatic ring is 1. The molecule has 0 saturated heterocycles. The molecular weight excluding hydrogens is 214 g/mol. The molecule has 0 atom stereocenters. The number of fused-ring (bicyclic) bond motifs is 1. The highest BCUT2D eigenvalue weighted by Gasteiger charge is 2.42. The Balaban J connectivity index is 2.03. The van der Waals surface area contributed by atoms with E-state index in [1.54, 1.807) is 6.20 Å². The highest BCUT2D eigenvalue weighted by molar-refractivity contribution is 5.97. The zero-order valence-electron chi connectivity index (χ0n) is 9.48. The highest BCUT2D eigenvalue weighted by Crippen LogP contribution is 2.40. The van der Waals surface area contributed by atoms with E-state index in [1.165, 1.54) is 0 Å². The summed E-state index contributed by atoms with van der Waals surface area (Å²) in [6, 6.07) is 7.71. The first-order valence-electron chi connectivity index (χ1n) is 5.76. The lowest BCUT2D eigenvalue weighted by molar-refractivity contribution is 0.266. The SMILES string of the molecule is Nc1c(NC2(CO)CC2)ccc2ncccc12. The van der Waals surface area contributed by atoms with Crippen LogP contribution in [0, 0.1) is 0 Å². The molecule has 17 heavy (non-hydrogen) atoms. The maximum atomic E-state index is 9.31. The first-order valence-corrected chi connectivity index (χ1v) is 5.76. The van der Waals surface area contributed by atoms with E-state index in [2.05, 4.69) is 10.3 Å². The third-order valence-electron chi connectivity index (χ3n) is 3.38. The Bertz CT molecular complexity index is 564. The molecule has 88 valence electrons. The second-order valence-corrected chi connectivity index (χ2v) is 4.66. The van der Waals surface area contributed by atoms with Gasteiger partial charge in [0.1, 0.15) is 0 Å². The van der Waals surface area contributed by atoms with Crippen molar-refractivity contribution in [3.8, 4) is 0 Å². The molecule has 0 spiro atoms. The van der Waals surface area contributed by atoms with Crippen molar-refractivity contribution >= 4 is 22.3 Å². The molecule has 3 rings (SSSR count). The number of anilines is 2. The Hall–Kier alpha value is -1.81. The summed E-state index contributed by atoms with van der Waals surface area (Å²) in [6.07, 6.45) is 3.74. The molecule has 0 radical (unpaired) electrons. The number of benzene rings is 1. The third kappa shape index (κ3) is 1.70. The van der Waals surface area contributed by atoms with Gasteiger partial charge in [0.15, 0.2) is 0 Å². The van der Waals surface area contributed by atoms with Crippen LogP contribution in [-0.4, -0.2) is 22.2 Å². The molecule has 2 aromatic rings. The van der Waals surface area contributed by atoms with Crippen LogP contribution >= 0.6 is 0 Å². The van der Waals surface area contributed by atoms with Crippen LogP contribution in [0.1, 0.15) is 12.8 Å². The number of aliphatic hydroxyl groups is 1. The number of nitrogens with two attached hydrogens (primary N) is 1. The van der Waals surface area contributed by atoms with Crippen molar-refractivity contribution < 1.29 is 5.11 Å². The summed E-state index contributed by atoms with van der Waals surface area (Å²) >= 11 is 0. The van der Waals surface area contributed by atoms with Gasteiger partial charge in [0.05, 0.1) is 29.0 Å². The molecule has 1 aromatic carbocycles. The van der Waals surface area contributed by atoms with E-state index in [4.69, 9.17) is 5.73 Å². The van der Waals surface area contributed by atoms with E-state index >= 15 is 0 Å². The smallest absolute Gasteiger partial charge is 0.0724 e. The van der Waals surface area contributed by atoms with Crippen LogP contribution in [-0.2, 0) is 0 Å². The van der Waals surface area contributed by atoms with Crippen molar-refractivity contribution in [2.75, 3.05) is 17.7 Å². The molecule has 1 aliphatic carbocycles. The van der Waals surface area contributed by atoms with Gasteiger partial charge in [0.2, 0.25) is 0 Å². The molecule has 0 aliphatic heterocycles. The van der Waals surface area contributed by atoms with Gasteiger partial charge in [0, 0.05) is 11.6 Å². The van der Waals surface area contributed by atoms with Gasteiger partial charge in [-0.3, -0.25) is 4.98 Å². The number of hydrogen-bond acceptors (Lipinski definition) is 4. The number of nitrogens with one attached hydrogen (secondary N) is 1. The van der Waals surface area contributed by atoms with Crippen LogP contribution in [0.25, 0.3) is 10.9 Å². The monoisotopic (exact) mass is 229 g/mol. The summed E-state index contributed by atoms with van der Waals surface area (Å²) in [5.74, 6) is 0. The topological polar surface area (TPSA) is 71.2 Å². The second-order valence-electron chi connectivity index (χ2n) is 4.66. The summed E-state index contributed by atoms with van der Waals surface area (Å²) in [6.45, 7) is 0.150. The van der Waals surface area contributed by atoms with Crippen molar-refractivity contribution in [1.29, 1.82) is 0 Å². The second kappa shape index (κ2) is 3.60. The molecule has 0 unspecified atom stereocenters. The maximum Gasteiger partial charge on any atom is 0.0724 e. The first-order chi connectivity index (χ1) is 8.24. The number of rotatable bonds is 3. The average molecular weight is 229 g/mol. The van der Waals surface area contributed by atoms with Gasteiger partial charge in [-0.1, -0.05) is 0 Å². The van der Waals surface area contributed by atoms with E-state index in [0.29, 0.717) is 5.69 Å². The fourth-order valence-electron chi connectivity index (χ4n) is 2.04. The van der Waals surface area contributed by atoms with Gasteiger partial charge in [-0.05, 0) is 37.1 Å². The van der Waals surface area contributed by atoms with Crippen molar-refractivity contribution in [2.24, 2.45) is 0 Å². The van der Waals surface area contributed by atoms with E-state index in [-0.39, 0.29) is 12.1 Å². The van der Waals surface area contributed by atoms with Crippen LogP contribution in [0.2, 0.25) is 0 Å². The number of hydrogen-bond donors (Lipinski definition) is 3. The summed E-state index contributed by atoms with van der Waals surface area (Å²) in [4.78, 5) is 4.26. The predicted molar refractivity (Wildman–Crippen MR) is 68.8 cm³/mol. The van der Waals surface area contributed by atoms with Crippen molar-refractivity contribution in [3.05, 3.63) is 30.5 Å². The Morgan fingerprint density at radius 1 is 1.35 bits per heavy atom. The molecule has 1 aliphatic rings. The van der Waals surface area contributed by atoms with Crippen LogP contribution in [0.5, 0.6) is 0 Å². The number of pyridine rings is 1. The quantitative estimate of drug-likeness (QED) is 0.701. The summed E-state index contributed by atoms with van der Waals surface area (Å²) in [7, 11) is 0. The summed E-state index contributed by atoms with van der Waals surface area (Å²) in [5.41, 5.74) is 8.46. The van der Waals surface area contributed by atoms with Gasteiger partial charge < -0.3 is 16.2 Å². The summed E-state index contributed by atoms with van der Waals surface area (Å²) < 4.78 is 0. The van der Waals surface area contributed by atoms with E-state index in [1.807, 2.05) is 24.3 Å². The van der Waals surface area contributed by atoms with Crippen molar-refractivity contribution in [1.82, 2.24) is 4.98 Å². The molecule has 1 saturated carbocycles. The molecule has 4 nitrogen and oxygen atoms in total. The fraction of sp³-hybridized carbons (Fsp3) is 0.308. The molecule has 1 fully saturated rings. The van der Waals surface area contributed by atoms with E-state index < -0.39 is 0 Å². The third-order valence-corrected chi connectivity index (χ3v) is 3.38. The van der Waals surface area contributed by atoms with Crippen LogP contribution < -0.4 is 11.1 Å². The minimum atomic E-state index is -0.149. The number of aromatic nitrogens is 1. The molecule has 1 heterocycles. The molecule has 1 aromatic heterocycles. The Kier molecular flexibility index (Phi) is 2.19. The first kappa shape index (κ1) is 10.4. The summed E-state index contributed by atoms with van der Waals surface area (Å²) in [5, 5.41) is 13.6. The normalized spacial score (nSPS) is 17.0. The van der Waals surface area contributed by atoms with Gasteiger partial charge >= 0.3 is 0 Å². The van der Waals surface area contributed by atoms with Crippen LogP contribution in [0.15, 0.2) is 30.5 Å². The minimum absolute atomic E-state index is 0.149. The van der Waals surface area contributed by atoms with Gasteiger partial charge in [-0.15, -0.1) is 0 Å². The van der Waals surface area contributed by atoms with Crippen LogP contribution in [0.3, 0.4) is 0 Å². The van der Waals surface area contributed by atoms with Crippen molar-refractivity contribution in [2.45, 2.75) is 18.4 Å². The number of nitrogens with zero attached hydrogens (tertiary/aromatic N) is 1. The minimum Gasteiger partial charge on any atom is -0.397 e. The molecular formula is C13H15N3O. The highest BCUT2D eigenvalue weighted by atomic mass is 16.3. The van der Waals surface area contributed by atoms with Crippen LogP contribution in [0.4, 0.5) is 11.4 Å². The zero-order chi connectivity index (χ0) is 11.9. The molecule has 4 heteroatoms. The Labute approximate surface area is 99.5 Å². The number of aliphatic hydroxyl groups excluding tert-OH is 1. The predicted octanol–water partition coefficient (Wildman–Crippen LogP) is 1.75. The lowest BCUT2D eigenvalue weighted by Gasteiger charge is -2.18. The lowest BCUT2D eigenvalue weighted by atomic mass is 10.1. The van der Waals surface area contributed by atoms with Gasteiger partial charge in [0.25, 0.3) is 0 Å². The Morgan fingerprint density at radius 2 is 2.18 bits per heavy atom. The fourth-order valence-corrected chi connectivity index (χ4v) is 2.04. The standard InChI is InChI=1S/C13H15N3O/c14-12-9-2-1-7-15-10(9)3-4-11(12)16-13(8-17)5-6-13/h1-4,7,16-17H,5-6,8,14H2.